The van der Waals surface area contributed by atoms with Crippen LogP contribution in [0, 0.1) is 18.3 Å². The third-order valence-corrected chi connectivity index (χ3v) is 8.96. The van der Waals surface area contributed by atoms with E-state index < -0.39 is 28.3 Å². The maximum absolute atomic E-state index is 13.1. The number of aromatic amines is 1. The summed E-state index contributed by atoms with van der Waals surface area (Å²) in [6.07, 6.45) is 4.14. The van der Waals surface area contributed by atoms with Crippen molar-refractivity contribution < 1.29 is 32.6 Å². The Kier molecular flexibility index (Phi) is 11.5. The van der Waals surface area contributed by atoms with Gasteiger partial charge in [-0.15, -0.1) is 0 Å². The van der Waals surface area contributed by atoms with E-state index in [-0.39, 0.29) is 61.9 Å². The summed E-state index contributed by atoms with van der Waals surface area (Å²) >= 11 is 12.1. The summed E-state index contributed by atoms with van der Waals surface area (Å²) in [5.74, 6) is -0.940. The third kappa shape index (κ3) is 8.96. The number of primary sulfonamides is 1. The van der Waals surface area contributed by atoms with Gasteiger partial charge in [0.15, 0.2) is 23.6 Å². The fourth-order valence-electron chi connectivity index (χ4n) is 5.13. The van der Waals surface area contributed by atoms with Crippen molar-refractivity contribution in [3.05, 3.63) is 110 Å². The molecule has 0 unspecified atom stereocenters. The second kappa shape index (κ2) is 15.8. The number of carbonyl (C=O) groups excluding carboxylic acids is 2. The number of hydrogen-bond donors (Lipinski definition) is 4. The van der Waals surface area contributed by atoms with Crippen LogP contribution in [0.3, 0.4) is 0 Å². The Labute approximate surface area is 300 Å². The quantitative estimate of drug-likeness (QED) is 0.158. The maximum atomic E-state index is 13.1. The lowest BCUT2D eigenvalue weighted by Crippen LogP contribution is -2.21. The van der Waals surface area contributed by atoms with Gasteiger partial charge in [-0.2, -0.15) is 5.26 Å². The molecular formula is C33H29Cl2N7O8S. The molecule has 0 aliphatic carbocycles. The van der Waals surface area contributed by atoms with Crippen molar-refractivity contribution in [2.24, 2.45) is 5.14 Å². The molecule has 1 fully saturated rings. The number of imidazole rings is 1. The monoisotopic (exact) mass is 753 g/mol. The summed E-state index contributed by atoms with van der Waals surface area (Å²) in [4.78, 5) is 47.5. The number of halogens is 2. The molecule has 3 aromatic carbocycles. The molecule has 1 saturated heterocycles. The van der Waals surface area contributed by atoms with Crippen molar-refractivity contribution in [2.45, 2.75) is 37.0 Å². The van der Waals surface area contributed by atoms with Crippen molar-refractivity contribution in [3.8, 4) is 11.8 Å². The summed E-state index contributed by atoms with van der Waals surface area (Å²) in [6.45, 7) is 1.18. The lowest BCUT2D eigenvalue weighted by Gasteiger charge is -2.13. The fraction of sp³-hybridized carbons (Fsp3) is 0.212. The molecule has 5 N–H and O–H groups in total. The number of nitrogens with zero attached hydrogens (tertiary/aromatic N) is 4. The van der Waals surface area contributed by atoms with Crippen LogP contribution < -0.4 is 20.8 Å². The van der Waals surface area contributed by atoms with Crippen molar-refractivity contribution in [3.63, 3.8) is 0 Å². The van der Waals surface area contributed by atoms with Gasteiger partial charge in [0.25, 0.3) is 11.5 Å². The largest absolute Gasteiger partial charge is 0.483 e. The molecule has 1 aliphatic rings. The predicted molar refractivity (Wildman–Crippen MR) is 186 cm³/mol. The summed E-state index contributed by atoms with van der Waals surface area (Å²) in [5, 5.41) is 26.4. The highest BCUT2D eigenvalue weighted by Crippen LogP contribution is 2.30. The highest BCUT2D eigenvalue weighted by molar-refractivity contribution is 7.89. The molecule has 15 nitrogen and oxygen atoms in total. The van der Waals surface area contributed by atoms with Crippen LogP contribution >= 0.6 is 23.2 Å². The van der Waals surface area contributed by atoms with Gasteiger partial charge in [-0.3, -0.25) is 19.0 Å². The number of carbonyl (C=O) groups is 2. The Balaban J connectivity index is 0.000000245. The lowest BCUT2D eigenvalue weighted by molar-refractivity contribution is -0.118. The van der Waals surface area contributed by atoms with Crippen LogP contribution in [0.4, 0.5) is 5.69 Å². The fourth-order valence-corrected chi connectivity index (χ4v) is 6.13. The van der Waals surface area contributed by atoms with Crippen LogP contribution in [0.5, 0.6) is 5.75 Å². The van der Waals surface area contributed by atoms with Gasteiger partial charge in [0.1, 0.15) is 12.0 Å². The van der Waals surface area contributed by atoms with Crippen LogP contribution in [0.2, 0.25) is 10.0 Å². The van der Waals surface area contributed by atoms with Gasteiger partial charge in [0.2, 0.25) is 10.0 Å². The standard InChI is InChI=1S/C23H17Cl2N3O5S.C10H12N4O3/c1-13-6-18(34(27,31)32)3-4-20(13)28-22(29)12-33-21-5-2-16(24)10-19(21)23(30)15-7-14(11-26)8-17(25)9-15;15-3-6-1-2-7(17-6)14-5-13-8-9(14)11-4-12-10(8)16/h2-10H,12H2,1H3,(H,28,29)(H2,27,31,32);4-7,15H,1-3H2,(H,11,12,16)/t;6-,7+/m.0/s1. The maximum Gasteiger partial charge on any atom is 0.278 e. The van der Waals surface area contributed by atoms with Crippen molar-refractivity contribution in [1.82, 2.24) is 19.5 Å². The van der Waals surface area contributed by atoms with Crippen LogP contribution in [0.25, 0.3) is 11.2 Å². The molecule has 0 spiro atoms. The van der Waals surface area contributed by atoms with Crippen molar-refractivity contribution in [1.29, 1.82) is 5.26 Å². The number of nitrogens with two attached hydrogens (primary N) is 1. The van der Waals surface area contributed by atoms with E-state index in [9.17, 15) is 22.8 Å². The smallest absolute Gasteiger partial charge is 0.278 e. The average molecular weight is 755 g/mol. The number of nitrogens with one attached hydrogen (secondary N) is 2. The highest BCUT2D eigenvalue weighted by Gasteiger charge is 2.27. The van der Waals surface area contributed by atoms with Gasteiger partial charge in [-0.1, -0.05) is 23.2 Å². The van der Waals surface area contributed by atoms with E-state index >= 15 is 0 Å². The zero-order valence-electron chi connectivity index (χ0n) is 26.7. The number of aryl methyl sites for hydroxylation is 1. The van der Waals surface area contributed by atoms with E-state index in [1.807, 2.05) is 6.07 Å². The number of sulfonamides is 1. The highest BCUT2D eigenvalue weighted by atomic mass is 35.5. The molecule has 264 valence electrons. The van der Waals surface area contributed by atoms with E-state index in [0.717, 1.165) is 12.8 Å². The third-order valence-electron chi connectivity index (χ3n) is 7.60. The molecule has 51 heavy (non-hydrogen) atoms. The van der Waals surface area contributed by atoms with Gasteiger partial charge >= 0.3 is 0 Å². The predicted octanol–water partition coefficient (Wildman–Crippen LogP) is 3.86. The topological polar surface area (TPSA) is 232 Å². The van der Waals surface area contributed by atoms with Gasteiger partial charge < -0.3 is 24.9 Å². The Bertz CT molecular complexity index is 2340. The molecule has 1 amide bonds. The number of anilines is 1. The molecule has 5 aromatic rings. The Morgan fingerprint density at radius 1 is 1.14 bits per heavy atom. The zero-order chi connectivity index (χ0) is 36.9. The van der Waals surface area contributed by atoms with E-state index in [1.165, 1.54) is 60.9 Å². The van der Waals surface area contributed by atoms with E-state index in [1.54, 1.807) is 17.8 Å². The van der Waals surface area contributed by atoms with Gasteiger partial charge in [-0.25, -0.2) is 23.5 Å². The first-order chi connectivity index (χ1) is 24.3. The number of nitriles is 1. The second-order valence-electron chi connectivity index (χ2n) is 11.2. The van der Waals surface area contributed by atoms with E-state index in [2.05, 4.69) is 20.3 Å². The molecule has 0 radical (unpaired) electrons. The van der Waals surface area contributed by atoms with Crippen molar-refractivity contribution in [2.75, 3.05) is 18.5 Å². The second-order valence-corrected chi connectivity index (χ2v) is 13.6. The average Bonchev–Trinajstić information content (AvgIpc) is 3.76. The van der Waals surface area contributed by atoms with Gasteiger partial charge in [0, 0.05) is 21.3 Å². The van der Waals surface area contributed by atoms with Crippen LogP contribution in [0.1, 0.15) is 46.1 Å². The molecule has 2 atom stereocenters. The molecule has 6 rings (SSSR count). The summed E-state index contributed by atoms with van der Waals surface area (Å²) in [6, 6.07) is 14.5. The molecule has 3 heterocycles. The van der Waals surface area contributed by atoms with Gasteiger partial charge in [-0.05, 0) is 79.9 Å². The SMILES string of the molecule is Cc1cc(S(N)(=O)=O)ccc1NC(=O)COc1ccc(Cl)cc1C(=O)c1cc(Cl)cc(C#N)c1.O=c1[nH]cnc2c1ncn2[C@H]1CC[C@@H](CO)O1. The molecular weight excluding hydrogens is 725 g/mol. The van der Waals surface area contributed by atoms with Crippen LogP contribution in [-0.4, -0.2) is 64.1 Å². The number of amides is 1. The Morgan fingerprint density at radius 3 is 2.61 bits per heavy atom. The number of ketones is 1. The normalized spacial score (nSPS) is 15.5. The minimum atomic E-state index is -3.87. The van der Waals surface area contributed by atoms with E-state index in [0.29, 0.717) is 22.4 Å². The molecule has 1 aliphatic heterocycles. The number of ether oxygens (including phenoxy) is 2. The number of H-pyrrole nitrogens is 1. The molecule has 18 heteroatoms. The number of aromatic nitrogens is 4. The first-order valence-electron chi connectivity index (χ1n) is 15.0. The number of fused-ring (bicyclic) bond motifs is 1. The Hall–Kier alpha value is -5.15. The minimum Gasteiger partial charge on any atom is -0.483 e. The molecule has 0 bridgehead atoms. The number of benzene rings is 3. The van der Waals surface area contributed by atoms with E-state index in [4.69, 9.17) is 48.2 Å². The molecule has 2 aromatic heterocycles. The number of hydrogen-bond acceptors (Lipinski definition) is 11. The summed E-state index contributed by atoms with van der Waals surface area (Å²) < 4.78 is 35.8. The summed E-state index contributed by atoms with van der Waals surface area (Å²) in [5.41, 5.74) is 1.87. The first-order valence-corrected chi connectivity index (χ1v) is 17.3. The van der Waals surface area contributed by atoms with Crippen LogP contribution in [-0.2, 0) is 19.6 Å². The lowest BCUT2D eigenvalue weighted by atomic mass is 10.0. The Morgan fingerprint density at radius 2 is 1.92 bits per heavy atom. The van der Waals surface area contributed by atoms with Crippen LogP contribution in [0.15, 0.2) is 76.9 Å². The zero-order valence-corrected chi connectivity index (χ0v) is 29.0. The summed E-state index contributed by atoms with van der Waals surface area (Å²) in [7, 11) is -3.87. The number of aliphatic hydroxyl groups is 1. The number of rotatable bonds is 9. The number of aliphatic hydroxyl groups excluding tert-OH is 1. The van der Waals surface area contributed by atoms with Gasteiger partial charge in [0.05, 0.1) is 47.5 Å². The first kappa shape index (κ1) is 37.1. The minimum absolute atomic E-state index is 0.0111. The van der Waals surface area contributed by atoms with Crippen molar-refractivity contribution >= 4 is 61.8 Å². The molecule has 0 saturated carbocycles.